The topological polar surface area (TPSA) is 55.2 Å². The summed E-state index contributed by atoms with van der Waals surface area (Å²) >= 11 is 0. The molecule has 0 heterocycles. The summed E-state index contributed by atoms with van der Waals surface area (Å²) in [5.74, 6) is -0.511. The predicted octanol–water partition coefficient (Wildman–Crippen LogP) is 2.27. The Morgan fingerprint density at radius 1 is 1.56 bits per heavy atom. The molecular weight excluding hydrogens is 211 g/mol. The van der Waals surface area contributed by atoms with Gasteiger partial charge in [-0.3, -0.25) is 10.1 Å². The van der Waals surface area contributed by atoms with Gasteiger partial charge in [-0.05, 0) is 31.5 Å². The maximum absolute atomic E-state index is 13.5. The SMILES string of the molecule is CCC(Cc1ccc([N+](=O)[O-])cc1F)NC. The molecule has 0 spiro atoms. The van der Waals surface area contributed by atoms with E-state index in [-0.39, 0.29) is 11.7 Å². The van der Waals surface area contributed by atoms with E-state index in [1.807, 2.05) is 14.0 Å². The van der Waals surface area contributed by atoms with Gasteiger partial charge in [0.1, 0.15) is 5.82 Å². The number of hydrogen-bond donors (Lipinski definition) is 1. The van der Waals surface area contributed by atoms with E-state index in [0.29, 0.717) is 12.0 Å². The number of nitro groups is 1. The van der Waals surface area contributed by atoms with Crippen LogP contribution >= 0.6 is 0 Å². The Balaban J connectivity index is 2.86. The second-order valence-corrected chi connectivity index (χ2v) is 3.63. The Hall–Kier alpha value is -1.49. The number of nitrogens with one attached hydrogen (secondary N) is 1. The molecule has 0 radical (unpaired) electrons. The van der Waals surface area contributed by atoms with E-state index in [1.165, 1.54) is 12.1 Å². The highest BCUT2D eigenvalue weighted by Gasteiger charge is 2.13. The van der Waals surface area contributed by atoms with Gasteiger partial charge >= 0.3 is 0 Å². The Kier molecular flexibility index (Phi) is 4.37. The minimum atomic E-state index is -0.595. The molecule has 1 atom stereocenters. The van der Waals surface area contributed by atoms with Gasteiger partial charge in [0.2, 0.25) is 0 Å². The lowest BCUT2D eigenvalue weighted by molar-refractivity contribution is -0.385. The van der Waals surface area contributed by atoms with Crippen molar-refractivity contribution >= 4 is 5.69 Å². The molecule has 0 aromatic heterocycles. The van der Waals surface area contributed by atoms with Crippen LogP contribution in [-0.2, 0) is 6.42 Å². The number of non-ortho nitro benzene ring substituents is 1. The summed E-state index contributed by atoms with van der Waals surface area (Å²) in [4.78, 5) is 9.83. The van der Waals surface area contributed by atoms with E-state index >= 15 is 0 Å². The first kappa shape index (κ1) is 12.6. The van der Waals surface area contributed by atoms with Crippen molar-refractivity contribution in [2.45, 2.75) is 25.8 Å². The lowest BCUT2D eigenvalue weighted by Crippen LogP contribution is -2.26. The molecule has 0 aliphatic rings. The van der Waals surface area contributed by atoms with E-state index in [1.54, 1.807) is 0 Å². The fourth-order valence-corrected chi connectivity index (χ4v) is 1.53. The van der Waals surface area contributed by atoms with Crippen LogP contribution in [0.1, 0.15) is 18.9 Å². The van der Waals surface area contributed by atoms with Crippen molar-refractivity contribution in [2.75, 3.05) is 7.05 Å². The van der Waals surface area contributed by atoms with Crippen molar-refractivity contribution in [3.63, 3.8) is 0 Å². The molecule has 16 heavy (non-hydrogen) atoms. The third-order valence-electron chi connectivity index (χ3n) is 2.61. The summed E-state index contributed by atoms with van der Waals surface area (Å²) in [5, 5.41) is 13.5. The third-order valence-corrected chi connectivity index (χ3v) is 2.61. The first-order chi connectivity index (χ1) is 7.58. The van der Waals surface area contributed by atoms with E-state index < -0.39 is 10.7 Å². The van der Waals surface area contributed by atoms with Gasteiger partial charge in [0.25, 0.3) is 5.69 Å². The quantitative estimate of drug-likeness (QED) is 0.619. The van der Waals surface area contributed by atoms with Crippen molar-refractivity contribution in [2.24, 2.45) is 0 Å². The number of nitro benzene ring substituents is 1. The fourth-order valence-electron chi connectivity index (χ4n) is 1.53. The molecule has 1 N–H and O–H groups in total. The monoisotopic (exact) mass is 226 g/mol. The van der Waals surface area contributed by atoms with E-state index in [9.17, 15) is 14.5 Å². The highest BCUT2D eigenvalue weighted by molar-refractivity contribution is 5.34. The standard InChI is InChI=1S/C11H15FN2O2/c1-3-9(13-2)6-8-4-5-10(14(15)16)7-11(8)12/h4-5,7,9,13H,3,6H2,1-2H3. The van der Waals surface area contributed by atoms with Crippen LogP contribution in [0.2, 0.25) is 0 Å². The third kappa shape index (κ3) is 3.00. The van der Waals surface area contributed by atoms with Crippen LogP contribution in [-0.4, -0.2) is 18.0 Å². The van der Waals surface area contributed by atoms with Gasteiger partial charge in [-0.15, -0.1) is 0 Å². The van der Waals surface area contributed by atoms with Crippen LogP contribution in [0.15, 0.2) is 18.2 Å². The van der Waals surface area contributed by atoms with Gasteiger partial charge in [0.15, 0.2) is 0 Å². The number of benzene rings is 1. The maximum Gasteiger partial charge on any atom is 0.272 e. The van der Waals surface area contributed by atoms with Crippen LogP contribution < -0.4 is 5.32 Å². The molecule has 88 valence electrons. The average molecular weight is 226 g/mol. The summed E-state index contributed by atoms with van der Waals surface area (Å²) < 4.78 is 13.5. The second kappa shape index (κ2) is 5.55. The van der Waals surface area contributed by atoms with Crippen LogP contribution in [0.3, 0.4) is 0 Å². The van der Waals surface area contributed by atoms with Crippen molar-refractivity contribution < 1.29 is 9.31 Å². The van der Waals surface area contributed by atoms with Gasteiger partial charge < -0.3 is 5.32 Å². The lowest BCUT2D eigenvalue weighted by atomic mass is 10.0. The van der Waals surface area contributed by atoms with E-state index in [2.05, 4.69) is 5.32 Å². The number of halogens is 1. The zero-order valence-corrected chi connectivity index (χ0v) is 9.37. The first-order valence-electron chi connectivity index (χ1n) is 5.18. The Morgan fingerprint density at radius 3 is 2.69 bits per heavy atom. The van der Waals surface area contributed by atoms with Crippen LogP contribution in [0, 0.1) is 15.9 Å². The van der Waals surface area contributed by atoms with Gasteiger partial charge in [-0.2, -0.15) is 0 Å². The number of nitrogens with zero attached hydrogens (tertiary/aromatic N) is 1. The fraction of sp³-hybridized carbons (Fsp3) is 0.455. The molecule has 1 aromatic carbocycles. The molecule has 0 aliphatic heterocycles. The number of rotatable bonds is 5. The molecule has 0 bridgehead atoms. The molecule has 5 heteroatoms. The summed E-state index contributed by atoms with van der Waals surface area (Å²) in [6.45, 7) is 2.00. The normalized spacial score (nSPS) is 12.4. The van der Waals surface area contributed by atoms with E-state index in [0.717, 1.165) is 12.5 Å². The van der Waals surface area contributed by atoms with Crippen LogP contribution in [0.25, 0.3) is 0 Å². The van der Waals surface area contributed by atoms with Crippen molar-refractivity contribution in [1.29, 1.82) is 0 Å². The zero-order chi connectivity index (χ0) is 12.1. The molecule has 0 saturated heterocycles. The van der Waals surface area contributed by atoms with Crippen molar-refractivity contribution in [3.8, 4) is 0 Å². The van der Waals surface area contributed by atoms with Gasteiger partial charge in [-0.1, -0.05) is 6.92 Å². The zero-order valence-electron chi connectivity index (χ0n) is 9.37. The highest BCUT2D eigenvalue weighted by Crippen LogP contribution is 2.18. The summed E-state index contributed by atoms with van der Waals surface area (Å²) in [5.41, 5.74) is 0.297. The number of hydrogen-bond acceptors (Lipinski definition) is 3. The molecule has 1 unspecified atom stereocenters. The average Bonchev–Trinajstić information content (AvgIpc) is 2.27. The molecule has 0 saturated carbocycles. The van der Waals surface area contributed by atoms with Crippen molar-refractivity contribution in [3.05, 3.63) is 39.7 Å². The lowest BCUT2D eigenvalue weighted by Gasteiger charge is -2.13. The molecule has 1 aromatic rings. The molecule has 0 fully saturated rings. The Labute approximate surface area is 93.6 Å². The molecule has 0 amide bonds. The highest BCUT2D eigenvalue weighted by atomic mass is 19.1. The molecule has 0 aliphatic carbocycles. The van der Waals surface area contributed by atoms with E-state index in [4.69, 9.17) is 0 Å². The maximum atomic E-state index is 13.5. The molecule has 1 rings (SSSR count). The summed E-state index contributed by atoms with van der Waals surface area (Å²) in [6, 6.07) is 3.97. The number of likely N-dealkylation sites (N-methyl/N-ethyl adjacent to an activating group) is 1. The Bertz CT molecular complexity index is 378. The summed E-state index contributed by atoms with van der Waals surface area (Å²) in [6.07, 6.45) is 1.42. The van der Waals surface area contributed by atoms with Gasteiger partial charge in [-0.25, -0.2) is 4.39 Å². The summed E-state index contributed by atoms with van der Waals surface area (Å²) in [7, 11) is 1.82. The smallest absolute Gasteiger partial charge is 0.272 e. The minimum absolute atomic E-state index is 0.191. The van der Waals surface area contributed by atoms with Gasteiger partial charge in [0.05, 0.1) is 11.0 Å². The van der Waals surface area contributed by atoms with Crippen LogP contribution in [0.4, 0.5) is 10.1 Å². The minimum Gasteiger partial charge on any atom is -0.317 e. The molecule has 4 nitrogen and oxygen atoms in total. The predicted molar refractivity (Wildman–Crippen MR) is 59.9 cm³/mol. The molecular formula is C11H15FN2O2. The largest absolute Gasteiger partial charge is 0.317 e. The first-order valence-corrected chi connectivity index (χ1v) is 5.18. The van der Waals surface area contributed by atoms with Crippen LogP contribution in [0.5, 0.6) is 0 Å². The Morgan fingerprint density at radius 2 is 2.25 bits per heavy atom. The second-order valence-electron chi connectivity index (χ2n) is 3.63. The van der Waals surface area contributed by atoms with Gasteiger partial charge in [0, 0.05) is 12.1 Å². The van der Waals surface area contributed by atoms with Crippen molar-refractivity contribution in [1.82, 2.24) is 5.32 Å².